The summed E-state index contributed by atoms with van der Waals surface area (Å²) in [7, 11) is 0. The minimum Gasteiger partial charge on any atom is -0.444 e. The van der Waals surface area contributed by atoms with Gasteiger partial charge in [0.2, 0.25) is 5.91 Å². The monoisotopic (exact) mass is 585 g/mol. The predicted molar refractivity (Wildman–Crippen MR) is 163 cm³/mol. The molecule has 0 aliphatic carbocycles. The minimum atomic E-state index is -0.927. The van der Waals surface area contributed by atoms with E-state index in [0.29, 0.717) is 19.4 Å². The van der Waals surface area contributed by atoms with Gasteiger partial charge in [-0.25, -0.2) is 14.8 Å². The molecule has 9 nitrogen and oxygen atoms in total. The molecule has 1 aliphatic heterocycles. The molecule has 2 aromatic rings. The Morgan fingerprint density at radius 1 is 1.12 bits per heavy atom. The number of hydrogen-bond acceptors (Lipinski definition) is 8. The maximum atomic E-state index is 13.5. The molecule has 1 aromatic carbocycles. The molecular formula is C31H47N5O4S. The van der Waals surface area contributed by atoms with Crippen LogP contribution >= 0.6 is 11.8 Å². The second kappa shape index (κ2) is 14.0. The minimum absolute atomic E-state index is 0.0650. The molecule has 1 saturated heterocycles. The van der Waals surface area contributed by atoms with Crippen LogP contribution in [0, 0.1) is 13.8 Å². The summed E-state index contributed by atoms with van der Waals surface area (Å²) in [6.07, 6.45) is 0.374. The molecule has 0 spiro atoms. The van der Waals surface area contributed by atoms with Gasteiger partial charge in [0.25, 0.3) is 0 Å². The first-order chi connectivity index (χ1) is 19.1. The van der Waals surface area contributed by atoms with Gasteiger partial charge in [0.1, 0.15) is 16.5 Å². The van der Waals surface area contributed by atoms with Crippen LogP contribution in [0.3, 0.4) is 0 Å². The fraction of sp³-hybridized carbons (Fsp3) is 0.613. The van der Waals surface area contributed by atoms with Crippen molar-refractivity contribution in [1.82, 2.24) is 25.5 Å². The maximum Gasteiger partial charge on any atom is 0.407 e. The van der Waals surface area contributed by atoms with Crippen LogP contribution in [0.4, 0.5) is 4.79 Å². The fourth-order valence-corrected chi connectivity index (χ4v) is 6.19. The SMILES string of the molecule is Cc1cc(S[C@@H]2CCN(C[C@@H](O)[C@H](Cc3ccccc3)NC(=O)OC(C)(C)C)[C@H](C(=O)NC(C)(C)C)C2)nc(C)n1. The number of ether oxygens (including phenoxy) is 1. The van der Waals surface area contributed by atoms with Crippen LogP contribution in [-0.4, -0.2) is 79.6 Å². The van der Waals surface area contributed by atoms with E-state index in [0.717, 1.165) is 28.5 Å². The summed E-state index contributed by atoms with van der Waals surface area (Å²) in [5.74, 6) is 0.668. The van der Waals surface area contributed by atoms with E-state index in [1.165, 1.54) is 0 Å². The van der Waals surface area contributed by atoms with Gasteiger partial charge in [0, 0.05) is 29.6 Å². The molecule has 3 N–H and O–H groups in total. The number of likely N-dealkylation sites (tertiary alicyclic amines) is 1. The van der Waals surface area contributed by atoms with Crippen molar-refractivity contribution in [2.24, 2.45) is 0 Å². The number of rotatable bonds is 9. The van der Waals surface area contributed by atoms with Crippen LogP contribution in [0.25, 0.3) is 0 Å². The Hall–Kier alpha value is -2.69. The summed E-state index contributed by atoms with van der Waals surface area (Å²) >= 11 is 1.68. The van der Waals surface area contributed by atoms with E-state index < -0.39 is 35.4 Å². The normalized spacial score (nSPS) is 19.7. The number of thioether (sulfide) groups is 1. The number of β-amino-alcohol motifs (C(OH)–C–C–N with tert-alkyl or cyclic N) is 1. The Bertz CT molecular complexity index is 1150. The zero-order valence-corrected chi connectivity index (χ0v) is 26.5. The smallest absolute Gasteiger partial charge is 0.407 e. The third-order valence-corrected chi connectivity index (χ3v) is 7.79. The number of aliphatic hydroxyl groups is 1. The van der Waals surface area contributed by atoms with Gasteiger partial charge in [-0.05, 0) is 86.3 Å². The molecule has 2 heterocycles. The predicted octanol–water partition coefficient (Wildman–Crippen LogP) is 4.43. The molecule has 10 heteroatoms. The second-order valence-corrected chi connectivity index (χ2v) is 14.2. The number of nitrogens with one attached hydrogen (secondary N) is 2. The highest BCUT2D eigenvalue weighted by Crippen LogP contribution is 2.33. The molecule has 1 aromatic heterocycles. The lowest BCUT2D eigenvalue weighted by Crippen LogP contribution is -2.59. The van der Waals surface area contributed by atoms with Gasteiger partial charge in [0.05, 0.1) is 18.2 Å². The lowest BCUT2D eigenvalue weighted by atomic mass is 9.96. The molecule has 2 amide bonds. The average molecular weight is 586 g/mol. The molecule has 0 radical (unpaired) electrons. The lowest BCUT2D eigenvalue weighted by molar-refractivity contribution is -0.129. The molecule has 4 atom stereocenters. The van der Waals surface area contributed by atoms with E-state index in [1.807, 2.05) is 75.9 Å². The number of amides is 2. The van der Waals surface area contributed by atoms with Crippen molar-refractivity contribution in [2.45, 2.75) is 114 Å². The summed E-state index contributed by atoms with van der Waals surface area (Å²) in [5.41, 5.74) is 0.851. The third kappa shape index (κ3) is 11.2. The summed E-state index contributed by atoms with van der Waals surface area (Å²) < 4.78 is 5.50. The highest BCUT2D eigenvalue weighted by molar-refractivity contribution is 7.99. The molecule has 3 rings (SSSR count). The van der Waals surface area contributed by atoms with Crippen molar-refractivity contribution in [3.63, 3.8) is 0 Å². The van der Waals surface area contributed by atoms with E-state index in [4.69, 9.17) is 4.74 Å². The van der Waals surface area contributed by atoms with E-state index in [2.05, 4.69) is 20.6 Å². The molecule has 0 bridgehead atoms. The van der Waals surface area contributed by atoms with Gasteiger partial charge in [-0.15, -0.1) is 11.8 Å². The van der Waals surface area contributed by atoms with E-state index in [1.54, 1.807) is 32.5 Å². The van der Waals surface area contributed by atoms with Gasteiger partial charge >= 0.3 is 6.09 Å². The molecule has 1 aliphatic rings. The van der Waals surface area contributed by atoms with Gasteiger partial charge in [-0.1, -0.05) is 30.3 Å². The third-order valence-electron chi connectivity index (χ3n) is 6.58. The highest BCUT2D eigenvalue weighted by atomic mass is 32.2. The quantitative estimate of drug-likeness (QED) is 0.370. The number of aryl methyl sites for hydroxylation is 2. The first kappa shape index (κ1) is 32.8. The zero-order valence-electron chi connectivity index (χ0n) is 25.7. The van der Waals surface area contributed by atoms with E-state index >= 15 is 0 Å². The molecule has 41 heavy (non-hydrogen) atoms. The Balaban J connectivity index is 1.78. The van der Waals surface area contributed by atoms with Crippen LogP contribution in [0.5, 0.6) is 0 Å². The van der Waals surface area contributed by atoms with Crippen LogP contribution < -0.4 is 10.6 Å². The van der Waals surface area contributed by atoms with Crippen molar-refractivity contribution in [2.75, 3.05) is 13.1 Å². The molecule has 226 valence electrons. The summed E-state index contributed by atoms with van der Waals surface area (Å²) in [4.78, 5) is 37.3. The van der Waals surface area contributed by atoms with Crippen molar-refractivity contribution < 1.29 is 19.4 Å². The standard InChI is InChI=1S/C31H47N5O4S/c1-20-16-27(33-21(2)32-20)41-23-14-15-36(25(18-23)28(38)35-30(3,4)5)19-26(37)24(17-22-12-10-9-11-13-22)34-29(39)40-31(6,7)8/h9-13,16,23-26,37H,14-15,17-19H2,1-8H3,(H,34,39)(H,35,38)/t23-,24+,25+,26-/m1/s1. The number of aliphatic hydroxyl groups excluding tert-OH is 1. The number of aromatic nitrogens is 2. The number of carbonyl (C=O) groups is 2. The van der Waals surface area contributed by atoms with Crippen LogP contribution in [0.1, 0.15) is 71.5 Å². The van der Waals surface area contributed by atoms with E-state index in [9.17, 15) is 14.7 Å². The molecule has 0 saturated carbocycles. The van der Waals surface area contributed by atoms with Crippen molar-refractivity contribution in [1.29, 1.82) is 0 Å². The molecule has 0 unspecified atom stereocenters. The first-order valence-corrected chi connectivity index (χ1v) is 15.2. The first-order valence-electron chi connectivity index (χ1n) is 14.3. The van der Waals surface area contributed by atoms with E-state index in [-0.39, 0.29) is 17.7 Å². The van der Waals surface area contributed by atoms with Gasteiger partial charge < -0.3 is 20.5 Å². The Morgan fingerprint density at radius 3 is 2.41 bits per heavy atom. The summed E-state index contributed by atoms with van der Waals surface area (Å²) in [6, 6.07) is 10.7. The highest BCUT2D eigenvalue weighted by Gasteiger charge is 2.37. The fourth-order valence-electron chi connectivity index (χ4n) is 4.92. The molecular weight excluding hydrogens is 538 g/mol. The number of nitrogens with zero attached hydrogens (tertiary/aromatic N) is 3. The summed E-state index contributed by atoms with van der Waals surface area (Å²) in [6.45, 7) is 16.0. The maximum absolute atomic E-state index is 13.5. The van der Waals surface area contributed by atoms with Gasteiger partial charge in [0.15, 0.2) is 0 Å². The van der Waals surface area contributed by atoms with Gasteiger partial charge in [-0.2, -0.15) is 0 Å². The Kier molecular flexibility index (Phi) is 11.2. The Morgan fingerprint density at radius 2 is 1.80 bits per heavy atom. The number of alkyl carbamates (subject to hydrolysis) is 1. The zero-order chi connectivity index (χ0) is 30.4. The number of piperidine rings is 1. The number of carbonyl (C=O) groups excluding carboxylic acids is 2. The van der Waals surface area contributed by atoms with Crippen molar-refractivity contribution in [3.05, 3.63) is 53.5 Å². The molecule has 1 fully saturated rings. The number of hydrogen-bond donors (Lipinski definition) is 3. The lowest BCUT2D eigenvalue weighted by Gasteiger charge is -2.41. The van der Waals surface area contributed by atoms with Gasteiger partial charge in [-0.3, -0.25) is 9.69 Å². The topological polar surface area (TPSA) is 117 Å². The number of benzene rings is 1. The average Bonchev–Trinajstić information content (AvgIpc) is 2.82. The second-order valence-electron chi connectivity index (χ2n) is 12.9. The van der Waals surface area contributed by atoms with Crippen LogP contribution in [0.2, 0.25) is 0 Å². The summed E-state index contributed by atoms with van der Waals surface area (Å²) in [5, 5.41) is 18.6. The van der Waals surface area contributed by atoms with Crippen LogP contribution in [-0.2, 0) is 16.0 Å². The Labute approximate surface area is 249 Å². The largest absolute Gasteiger partial charge is 0.444 e. The van der Waals surface area contributed by atoms with Crippen LogP contribution in [0.15, 0.2) is 41.4 Å². The van der Waals surface area contributed by atoms with Crippen molar-refractivity contribution >= 4 is 23.8 Å². The van der Waals surface area contributed by atoms with Crippen molar-refractivity contribution in [3.8, 4) is 0 Å².